The van der Waals surface area contributed by atoms with Crippen LogP contribution in [0.3, 0.4) is 0 Å². The average Bonchev–Trinajstić information content (AvgIpc) is 2.76. The summed E-state index contributed by atoms with van der Waals surface area (Å²) >= 11 is 0. The summed E-state index contributed by atoms with van der Waals surface area (Å²) in [6.45, 7) is 23.7. The molecular formula is C27H44N2O2. The highest BCUT2D eigenvalue weighted by atomic mass is 16.5. The third-order valence-electron chi connectivity index (χ3n) is 4.58. The highest BCUT2D eigenvalue weighted by molar-refractivity contribution is 5.98. The molecule has 0 saturated heterocycles. The summed E-state index contributed by atoms with van der Waals surface area (Å²) < 4.78 is 5.48. The Kier molecular flexibility index (Phi) is 17.9. The Bertz CT molecular complexity index is 726. The van der Waals surface area contributed by atoms with Gasteiger partial charge in [-0.1, -0.05) is 56.7 Å². The van der Waals surface area contributed by atoms with E-state index in [1.54, 1.807) is 0 Å². The molecule has 0 radical (unpaired) electrons. The lowest BCUT2D eigenvalue weighted by Gasteiger charge is -2.14. The molecule has 0 heterocycles. The maximum Gasteiger partial charge on any atom is 0.150 e. The van der Waals surface area contributed by atoms with Crippen LogP contribution in [-0.2, 0) is 11.2 Å². The van der Waals surface area contributed by atoms with E-state index in [4.69, 9.17) is 10.6 Å². The van der Waals surface area contributed by atoms with E-state index in [-0.39, 0.29) is 6.10 Å². The number of rotatable bonds is 9. The minimum Gasteiger partial charge on any atom is -0.491 e. The number of nitrogens with zero attached hydrogens (tertiary/aromatic N) is 1. The van der Waals surface area contributed by atoms with Gasteiger partial charge in [0.15, 0.2) is 0 Å². The van der Waals surface area contributed by atoms with Crippen LogP contribution in [0.2, 0.25) is 0 Å². The van der Waals surface area contributed by atoms with Gasteiger partial charge in [-0.2, -0.15) is 5.10 Å². The van der Waals surface area contributed by atoms with Crippen molar-refractivity contribution < 1.29 is 9.53 Å². The van der Waals surface area contributed by atoms with E-state index in [2.05, 4.69) is 39.0 Å². The Morgan fingerprint density at radius 2 is 1.61 bits per heavy atom. The maximum absolute atomic E-state index is 10.2. The van der Waals surface area contributed by atoms with Crippen LogP contribution in [0.15, 0.2) is 65.0 Å². The van der Waals surface area contributed by atoms with Gasteiger partial charge in [0, 0.05) is 5.56 Å². The zero-order chi connectivity index (χ0) is 24.4. The van der Waals surface area contributed by atoms with Crippen molar-refractivity contribution in [2.45, 2.75) is 87.2 Å². The number of unbranched alkanes of at least 4 members (excludes halogenated alkanes) is 1. The van der Waals surface area contributed by atoms with Gasteiger partial charge in [0.05, 0.1) is 11.8 Å². The molecule has 0 unspecified atom stereocenters. The predicted octanol–water partition coefficient (Wildman–Crippen LogP) is 7.41. The molecule has 0 spiro atoms. The summed E-state index contributed by atoms with van der Waals surface area (Å²) in [7, 11) is 0. The molecule has 31 heavy (non-hydrogen) atoms. The van der Waals surface area contributed by atoms with Gasteiger partial charge in [0.25, 0.3) is 0 Å². The fourth-order valence-corrected chi connectivity index (χ4v) is 2.26. The SMILES string of the molecule is C=C(C)CCCC.C=C(OC(C)C)/C(C)=C(C)\C(C)=N/N.CCc1ccc(C=O)cc1. The van der Waals surface area contributed by atoms with Gasteiger partial charge in [-0.25, -0.2) is 0 Å². The van der Waals surface area contributed by atoms with Crippen LogP contribution in [-0.4, -0.2) is 18.1 Å². The van der Waals surface area contributed by atoms with Crippen LogP contribution in [0.5, 0.6) is 0 Å². The van der Waals surface area contributed by atoms with Crippen LogP contribution in [0.4, 0.5) is 0 Å². The highest BCUT2D eigenvalue weighted by Crippen LogP contribution is 2.16. The minimum absolute atomic E-state index is 0.139. The standard InChI is InChI=1S/C11H20N2O.C9H10O.C7H14/c1-7(2)14-11(6)9(4)8(3)10(5)13-12;1-2-8-3-5-9(7-10)6-4-8;1-4-5-6-7(2)3/h7H,6,12H2,1-5H3;3-7H,2H2,1H3;2,4-6H2,1,3H3/b9-8-,13-10-;;. The zero-order valence-electron chi connectivity index (χ0n) is 21.0. The second-order valence-corrected chi connectivity index (χ2v) is 7.83. The smallest absolute Gasteiger partial charge is 0.150 e. The Labute approximate surface area is 191 Å². The van der Waals surface area contributed by atoms with E-state index >= 15 is 0 Å². The number of carbonyl (C=O) groups excluding carboxylic acids is 1. The van der Waals surface area contributed by atoms with Crippen molar-refractivity contribution in [2.75, 3.05) is 0 Å². The van der Waals surface area contributed by atoms with Crippen molar-refractivity contribution in [3.05, 3.63) is 71.0 Å². The van der Waals surface area contributed by atoms with Crippen LogP contribution in [0.1, 0.15) is 90.6 Å². The van der Waals surface area contributed by atoms with E-state index in [1.807, 2.05) is 58.9 Å². The topological polar surface area (TPSA) is 64.7 Å². The molecule has 0 aliphatic heterocycles. The second-order valence-electron chi connectivity index (χ2n) is 7.83. The van der Waals surface area contributed by atoms with Gasteiger partial charge >= 0.3 is 0 Å². The Morgan fingerprint density at radius 1 is 1.06 bits per heavy atom. The molecule has 4 nitrogen and oxygen atoms in total. The van der Waals surface area contributed by atoms with Crippen LogP contribution in [0, 0.1) is 0 Å². The van der Waals surface area contributed by atoms with Gasteiger partial charge in [-0.05, 0) is 77.5 Å². The van der Waals surface area contributed by atoms with Crippen LogP contribution < -0.4 is 5.84 Å². The molecule has 1 aromatic carbocycles. The summed E-state index contributed by atoms with van der Waals surface area (Å²) in [4.78, 5) is 10.2. The van der Waals surface area contributed by atoms with Gasteiger partial charge in [-0.15, -0.1) is 6.58 Å². The number of benzene rings is 1. The van der Waals surface area contributed by atoms with Crippen molar-refractivity contribution in [3.8, 4) is 0 Å². The molecule has 174 valence electrons. The van der Waals surface area contributed by atoms with Gasteiger partial charge in [-0.3, -0.25) is 4.79 Å². The first-order valence-corrected chi connectivity index (χ1v) is 11.0. The van der Waals surface area contributed by atoms with E-state index < -0.39 is 0 Å². The van der Waals surface area contributed by atoms with E-state index in [9.17, 15) is 4.79 Å². The molecule has 0 aliphatic rings. The minimum atomic E-state index is 0.139. The number of hydrogen-bond donors (Lipinski definition) is 1. The Morgan fingerprint density at radius 3 is 1.94 bits per heavy atom. The quantitative estimate of drug-likeness (QED) is 0.0847. The first-order valence-electron chi connectivity index (χ1n) is 11.0. The molecule has 0 aromatic heterocycles. The zero-order valence-corrected chi connectivity index (χ0v) is 21.0. The van der Waals surface area contributed by atoms with E-state index in [1.165, 1.54) is 30.4 Å². The molecular weight excluding hydrogens is 384 g/mol. The van der Waals surface area contributed by atoms with E-state index in [0.29, 0.717) is 5.76 Å². The lowest BCUT2D eigenvalue weighted by atomic mass is 10.1. The third-order valence-corrected chi connectivity index (χ3v) is 4.58. The molecule has 1 rings (SSSR count). The normalized spacial score (nSPS) is 11.3. The monoisotopic (exact) mass is 428 g/mol. The predicted molar refractivity (Wildman–Crippen MR) is 137 cm³/mol. The molecule has 1 aromatic rings. The summed E-state index contributed by atoms with van der Waals surface area (Å²) in [5.74, 6) is 5.88. The first-order chi connectivity index (χ1) is 14.5. The van der Waals surface area contributed by atoms with Crippen molar-refractivity contribution in [1.82, 2.24) is 0 Å². The number of aldehydes is 1. The molecule has 4 heteroatoms. The lowest BCUT2D eigenvalue weighted by Crippen LogP contribution is -2.06. The number of ether oxygens (including phenoxy) is 1. The number of carbonyl (C=O) groups is 1. The second kappa shape index (κ2) is 18.2. The first kappa shape index (κ1) is 30.6. The molecule has 0 atom stereocenters. The van der Waals surface area contributed by atoms with Gasteiger partial charge < -0.3 is 10.6 Å². The van der Waals surface area contributed by atoms with Crippen LogP contribution in [0.25, 0.3) is 0 Å². The fourth-order valence-electron chi connectivity index (χ4n) is 2.26. The average molecular weight is 429 g/mol. The van der Waals surface area contributed by atoms with Crippen molar-refractivity contribution >= 4 is 12.0 Å². The van der Waals surface area contributed by atoms with Crippen molar-refractivity contribution in [1.29, 1.82) is 0 Å². The number of nitrogens with two attached hydrogens (primary N) is 1. The van der Waals surface area contributed by atoms with Crippen molar-refractivity contribution in [2.24, 2.45) is 10.9 Å². The number of aryl methyl sites for hydroxylation is 1. The Hall–Kier alpha value is -2.62. The van der Waals surface area contributed by atoms with Crippen molar-refractivity contribution in [3.63, 3.8) is 0 Å². The number of allylic oxidation sites excluding steroid dienone is 3. The highest BCUT2D eigenvalue weighted by Gasteiger charge is 2.06. The van der Waals surface area contributed by atoms with Gasteiger partial charge in [0.2, 0.25) is 0 Å². The number of hydrazone groups is 1. The summed E-state index contributed by atoms with van der Waals surface area (Å²) in [5, 5.41) is 3.63. The molecule has 0 aliphatic carbocycles. The summed E-state index contributed by atoms with van der Waals surface area (Å²) in [6, 6.07) is 7.63. The molecule has 0 amide bonds. The number of hydrogen-bond acceptors (Lipinski definition) is 4. The summed E-state index contributed by atoms with van der Waals surface area (Å²) in [6.07, 6.45) is 5.82. The largest absolute Gasteiger partial charge is 0.491 e. The Balaban J connectivity index is 0. The van der Waals surface area contributed by atoms with Gasteiger partial charge in [0.1, 0.15) is 12.0 Å². The van der Waals surface area contributed by atoms with E-state index in [0.717, 1.165) is 35.1 Å². The summed E-state index contributed by atoms with van der Waals surface area (Å²) in [5.41, 5.74) is 6.13. The third kappa shape index (κ3) is 15.8. The molecule has 0 saturated carbocycles. The molecule has 0 fully saturated rings. The molecule has 0 bridgehead atoms. The van der Waals surface area contributed by atoms with Crippen LogP contribution >= 0.6 is 0 Å². The fraction of sp³-hybridized carbons (Fsp3) is 0.481. The lowest BCUT2D eigenvalue weighted by molar-refractivity contribution is 0.112. The molecule has 2 N–H and O–H groups in total. The maximum atomic E-state index is 10.2.